The van der Waals surface area contributed by atoms with Crippen LogP contribution in [0.4, 0.5) is 0 Å². The summed E-state index contributed by atoms with van der Waals surface area (Å²) >= 11 is 0. The number of nitrogens with zero attached hydrogens (tertiary/aromatic N) is 5. The summed E-state index contributed by atoms with van der Waals surface area (Å²) in [5.74, 6) is 1.79. The zero-order chi connectivity index (χ0) is 31.6. The molecule has 0 atom stereocenters. The predicted octanol–water partition coefficient (Wildman–Crippen LogP) is 10.4. The fourth-order valence-electron chi connectivity index (χ4n) is 6.87. The molecule has 4 aromatic heterocycles. The summed E-state index contributed by atoms with van der Waals surface area (Å²) < 4.78 is 8.25. The minimum absolute atomic E-state index is 0.574. The molecule has 0 N–H and O–H groups in total. The first kappa shape index (κ1) is 26.5. The molecule has 48 heavy (non-hydrogen) atoms. The molecule has 0 aliphatic rings. The van der Waals surface area contributed by atoms with E-state index in [9.17, 15) is 0 Å². The fraction of sp³-hybridized carbons (Fsp3) is 0. The molecule has 6 nitrogen and oxygen atoms in total. The minimum atomic E-state index is 0.574. The summed E-state index contributed by atoms with van der Waals surface area (Å²) in [7, 11) is 0. The van der Waals surface area contributed by atoms with E-state index in [0.29, 0.717) is 17.6 Å². The Morgan fingerprint density at radius 3 is 1.92 bits per heavy atom. The van der Waals surface area contributed by atoms with Crippen LogP contribution in [0.5, 0.6) is 0 Å². The van der Waals surface area contributed by atoms with Gasteiger partial charge < -0.3 is 4.42 Å². The van der Waals surface area contributed by atoms with Gasteiger partial charge in [0.25, 0.3) is 0 Å². The smallest absolute Gasteiger partial charge is 0.238 e. The topological polar surface area (TPSA) is 69.6 Å². The average molecular weight is 616 g/mol. The Labute approximate surface area is 274 Å². The van der Waals surface area contributed by atoms with Gasteiger partial charge in [0, 0.05) is 28.1 Å². The average Bonchev–Trinajstić information content (AvgIpc) is 3.71. The second-order valence-electron chi connectivity index (χ2n) is 11.9. The fourth-order valence-corrected chi connectivity index (χ4v) is 6.87. The number of pyridine rings is 1. The van der Waals surface area contributed by atoms with Crippen molar-refractivity contribution < 1.29 is 4.42 Å². The first-order chi connectivity index (χ1) is 23.8. The number of rotatable bonds is 4. The summed E-state index contributed by atoms with van der Waals surface area (Å²) in [6, 6.07) is 49.9. The minimum Gasteiger partial charge on any atom is -0.454 e. The number of hydrogen-bond acceptors (Lipinski definition) is 5. The SMILES string of the molecule is c1ccc2cc(-c3nc(-c4ccc(-c5cccc6oc7cccnc7c56)cc4)nc(-n4c5ccccc5c5ccccc54)n3)ccc2c1. The van der Waals surface area contributed by atoms with Gasteiger partial charge in [0.15, 0.2) is 17.2 Å². The molecule has 0 saturated carbocycles. The van der Waals surface area contributed by atoms with E-state index in [1.54, 1.807) is 6.20 Å². The van der Waals surface area contributed by atoms with Gasteiger partial charge in [0.1, 0.15) is 11.1 Å². The quantitative estimate of drug-likeness (QED) is 0.197. The highest BCUT2D eigenvalue weighted by molar-refractivity contribution is 6.11. The third kappa shape index (κ3) is 4.13. The molecule has 0 unspecified atom stereocenters. The van der Waals surface area contributed by atoms with Crippen LogP contribution in [0.2, 0.25) is 0 Å². The van der Waals surface area contributed by atoms with Crippen LogP contribution in [0.1, 0.15) is 0 Å². The zero-order valence-electron chi connectivity index (χ0n) is 25.6. The van der Waals surface area contributed by atoms with Crippen LogP contribution < -0.4 is 0 Å². The van der Waals surface area contributed by atoms with Gasteiger partial charge in [-0.3, -0.25) is 9.55 Å². The Bertz CT molecular complexity index is 2800. The number of benzene rings is 6. The maximum atomic E-state index is 6.11. The molecule has 0 saturated heterocycles. The predicted molar refractivity (Wildman–Crippen MR) is 193 cm³/mol. The van der Waals surface area contributed by atoms with E-state index in [4.69, 9.17) is 19.4 Å². The molecule has 0 aliphatic carbocycles. The van der Waals surface area contributed by atoms with E-state index in [-0.39, 0.29) is 0 Å². The molecule has 0 aliphatic heterocycles. The lowest BCUT2D eigenvalue weighted by Crippen LogP contribution is -2.06. The van der Waals surface area contributed by atoms with E-state index >= 15 is 0 Å². The highest BCUT2D eigenvalue weighted by Crippen LogP contribution is 2.37. The largest absolute Gasteiger partial charge is 0.454 e. The standard InChI is InChI=1S/C42H25N5O/c1-2-10-29-25-30(23-18-26(29)9-1)41-44-40(45-42(46-41)47-34-14-5-3-11-32(34)33-12-4-6-15-35(33)47)28-21-19-27(20-22-28)31-13-7-16-36-38(31)39-37(48-36)17-8-24-43-39/h1-25H. The molecule has 0 radical (unpaired) electrons. The van der Waals surface area contributed by atoms with Crippen molar-refractivity contribution in [3.05, 3.63) is 152 Å². The summed E-state index contributed by atoms with van der Waals surface area (Å²) in [4.78, 5) is 20.0. The van der Waals surface area contributed by atoms with Crippen LogP contribution in [-0.4, -0.2) is 24.5 Å². The number of fused-ring (bicyclic) bond motifs is 7. The Balaban J connectivity index is 1.17. The molecule has 0 spiro atoms. The van der Waals surface area contributed by atoms with E-state index < -0.39 is 0 Å². The Morgan fingerprint density at radius 1 is 0.479 bits per heavy atom. The Morgan fingerprint density at radius 2 is 1.12 bits per heavy atom. The van der Waals surface area contributed by atoms with Crippen molar-refractivity contribution in [1.29, 1.82) is 0 Å². The van der Waals surface area contributed by atoms with Gasteiger partial charge in [0.05, 0.1) is 16.4 Å². The molecule has 0 amide bonds. The van der Waals surface area contributed by atoms with E-state index in [0.717, 1.165) is 71.5 Å². The van der Waals surface area contributed by atoms with Gasteiger partial charge in [-0.1, -0.05) is 109 Å². The van der Waals surface area contributed by atoms with Crippen LogP contribution >= 0.6 is 0 Å². The van der Waals surface area contributed by atoms with Gasteiger partial charge in [0.2, 0.25) is 5.95 Å². The third-order valence-corrected chi connectivity index (χ3v) is 9.12. The maximum absolute atomic E-state index is 6.11. The molecule has 6 heteroatoms. The van der Waals surface area contributed by atoms with Gasteiger partial charge in [-0.25, -0.2) is 4.98 Å². The normalized spacial score (nSPS) is 11.8. The monoisotopic (exact) mass is 615 g/mol. The molecule has 4 heterocycles. The lowest BCUT2D eigenvalue weighted by atomic mass is 9.99. The van der Waals surface area contributed by atoms with Crippen molar-refractivity contribution in [3.8, 4) is 39.9 Å². The molecule has 0 fully saturated rings. The van der Waals surface area contributed by atoms with Crippen LogP contribution in [0.15, 0.2) is 156 Å². The first-order valence-corrected chi connectivity index (χ1v) is 15.9. The van der Waals surface area contributed by atoms with E-state index in [2.05, 4.69) is 131 Å². The van der Waals surface area contributed by atoms with Crippen LogP contribution in [0, 0.1) is 0 Å². The van der Waals surface area contributed by atoms with Crippen LogP contribution in [-0.2, 0) is 0 Å². The van der Waals surface area contributed by atoms with Gasteiger partial charge in [-0.05, 0) is 58.3 Å². The van der Waals surface area contributed by atoms with Crippen molar-refractivity contribution in [2.75, 3.05) is 0 Å². The van der Waals surface area contributed by atoms with Gasteiger partial charge in [-0.15, -0.1) is 0 Å². The summed E-state index contributed by atoms with van der Waals surface area (Å²) in [6.07, 6.45) is 1.81. The number of furan rings is 1. The summed E-state index contributed by atoms with van der Waals surface area (Å²) in [6.45, 7) is 0. The summed E-state index contributed by atoms with van der Waals surface area (Å²) in [5, 5.41) is 5.62. The second-order valence-corrected chi connectivity index (χ2v) is 11.9. The van der Waals surface area contributed by atoms with Crippen molar-refractivity contribution in [3.63, 3.8) is 0 Å². The second kappa shape index (κ2) is 10.4. The van der Waals surface area contributed by atoms with Crippen molar-refractivity contribution in [2.45, 2.75) is 0 Å². The molecule has 10 aromatic rings. The number of hydrogen-bond donors (Lipinski definition) is 0. The van der Waals surface area contributed by atoms with Crippen molar-refractivity contribution >= 4 is 54.6 Å². The van der Waals surface area contributed by atoms with E-state index in [1.807, 2.05) is 24.3 Å². The third-order valence-electron chi connectivity index (χ3n) is 9.12. The zero-order valence-corrected chi connectivity index (χ0v) is 25.6. The molecule has 6 aromatic carbocycles. The molecule has 10 rings (SSSR count). The highest BCUT2D eigenvalue weighted by Gasteiger charge is 2.18. The molecular weight excluding hydrogens is 590 g/mol. The highest BCUT2D eigenvalue weighted by atomic mass is 16.3. The first-order valence-electron chi connectivity index (χ1n) is 15.9. The van der Waals surface area contributed by atoms with Gasteiger partial charge in [-0.2, -0.15) is 9.97 Å². The van der Waals surface area contributed by atoms with Gasteiger partial charge >= 0.3 is 0 Å². The Kier molecular flexibility index (Phi) is 5.77. The maximum Gasteiger partial charge on any atom is 0.238 e. The Hall–Kier alpha value is -6.66. The summed E-state index contributed by atoms with van der Waals surface area (Å²) in [5.41, 5.74) is 8.50. The number of para-hydroxylation sites is 2. The number of aromatic nitrogens is 5. The van der Waals surface area contributed by atoms with Crippen molar-refractivity contribution in [2.24, 2.45) is 0 Å². The molecule has 0 bridgehead atoms. The molecule has 224 valence electrons. The van der Waals surface area contributed by atoms with Crippen LogP contribution in [0.3, 0.4) is 0 Å². The lowest BCUT2D eigenvalue weighted by Gasteiger charge is -2.12. The van der Waals surface area contributed by atoms with Crippen molar-refractivity contribution in [1.82, 2.24) is 24.5 Å². The van der Waals surface area contributed by atoms with Crippen LogP contribution in [0.25, 0.3) is 94.5 Å². The lowest BCUT2D eigenvalue weighted by molar-refractivity contribution is 0.668. The molecular formula is C42H25N5O. The van der Waals surface area contributed by atoms with E-state index in [1.165, 1.54) is 5.39 Å².